The van der Waals surface area contributed by atoms with Crippen LogP contribution < -0.4 is 10.9 Å². The number of hydrogen-bond donors (Lipinski definition) is 1. The Morgan fingerprint density at radius 1 is 1.17 bits per heavy atom. The predicted molar refractivity (Wildman–Crippen MR) is 90.6 cm³/mol. The zero-order valence-electron chi connectivity index (χ0n) is 13.3. The summed E-state index contributed by atoms with van der Waals surface area (Å²) in [6.07, 6.45) is 5.21. The monoisotopic (exact) mass is 322 g/mol. The number of carbonyl (C=O) groups excluding carboxylic acids is 1. The van der Waals surface area contributed by atoms with E-state index in [-0.39, 0.29) is 11.5 Å². The number of nitrogens with zero attached hydrogens (tertiary/aromatic N) is 3. The van der Waals surface area contributed by atoms with E-state index >= 15 is 0 Å². The SMILES string of the molecule is Cn1ccc(C(=O)NCc2cnn(Cc3ccccc3)c2)cc1=O. The van der Waals surface area contributed by atoms with Gasteiger partial charge in [0.2, 0.25) is 0 Å². The van der Waals surface area contributed by atoms with Crippen LogP contribution in [0.5, 0.6) is 0 Å². The average Bonchev–Trinajstić information content (AvgIpc) is 3.03. The van der Waals surface area contributed by atoms with E-state index in [0.29, 0.717) is 18.7 Å². The summed E-state index contributed by atoms with van der Waals surface area (Å²) in [6, 6.07) is 13.0. The van der Waals surface area contributed by atoms with Gasteiger partial charge in [-0.15, -0.1) is 0 Å². The molecule has 0 atom stereocenters. The Bertz CT molecular complexity index is 897. The van der Waals surface area contributed by atoms with Gasteiger partial charge >= 0.3 is 0 Å². The molecule has 0 aliphatic heterocycles. The van der Waals surface area contributed by atoms with Crippen molar-refractivity contribution >= 4 is 5.91 Å². The number of nitrogens with one attached hydrogen (secondary N) is 1. The van der Waals surface area contributed by atoms with Crippen molar-refractivity contribution in [1.82, 2.24) is 19.7 Å². The van der Waals surface area contributed by atoms with E-state index in [1.165, 1.54) is 10.6 Å². The van der Waals surface area contributed by atoms with Gasteiger partial charge in [0.15, 0.2) is 0 Å². The second kappa shape index (κ2) is 6.95. The van der Waals surface area contributed by atoms with Crippen molar-refractivity contribution in [3.63, 3.8) is 0 Å². The number of aryl methyl sites for hydroxylation is 1. The van der Waals surface area contributed by atoms with Crippen molar-refractivity contribution in [3.05, 3.63) is 88.1 Å². The molecule has 0 bridgehead atoms. The van der Waals surface area contributed by atoms with Crippen LogP contribution >= 0.6 is 0 Å². The number of aromatic nitrogens is 3. The van der Waals surface area contributed by atoms with Gasteiger partial charge in [0, 0.05) is 43.2 Å². The van der Waals surface area contributed by atoms with Gasteiger partial charge in [0.1, 0.15) is 0 Å². The lowest BCUT2D eigenvalue weighted by Gasteiger charge is -2.04. The van der Waals surface area contributed by atoms with Crippen LogP contribution in [0.15, 0.2) is 65.8 Å². The van der Waals surface area contributed by atoms with Gasteiger partial charge in [0.25, 0.3) is 11.5 Å². The lowest BCUT2D eigenvalue weighted by Crippen LogP contribution is -2.25. The smallest absolute Gasteiger partial charge is 0.251 e. The van der Waals surface area contributed by atoms with E-state index in [9.17, 15) is 9.59 Å². The molecule has 3 aromatic rings. The van der Waals surface area contributed by atoms with Crippen LogP contribution in [0, 0.1) is 0 Å². The Labute approximate surface area is 139 Å². The van der Waals surface area contributed by atoms with Crippen LogP contribution in [0.3, 0.4) is 0 Å². The summed E-state index contributed by atoms with van der Waals surface area (Å²) in [5.74, 6) is -0.275. The molecule has 0 unspecified atom stereocenters. The number of pyridine rings is 1. The Hall–Kier alpha value is -3.15. The Morgan fingerprint density at radius 3 is 2.71 bits per heavy atom. The minimum Gasteiger partial charge on any atom is -0.348 e. The van der Waals surface area contributed by atoms with Gasteiger partial charge in [-0.05, 0) is 11.6 Å². The fourth-order valence-electron chi connectivity index (χ4n) is 2.33. The molecule has 6 nitrogen and oxygen atoms in total. The average molecular weight is 322 g/mol. The van der Waals surface area contributed by atoms with E-state index in [2.05, 4.69) is 10.4 Å². The highest BCUT2D eigenvalue weighted by molar-refractivity contribution is 5.93. The lowest BCUT2D eigenvalue weighted by molar-refractivity contribution is 0.0950. The van der Waals surface area contributed by atoms with Gasteiger partial charge in [0.05, 0.1) is 12.7 Å². The summed E-state index contributed by atoms with van der Waals surface area (Å²) in [5, 5.41) is 7.10. The van der Waals surface area contributed by atoms with Gasteiger partial charge in [-0.25, -0.2) is 0 Å². The zero-order chi connectivity index (χ0) is 16.9. The predicted octanol–water partition coefficient (Wildman–Crippen LogP) is 1.56. The van der Waals surface area contributed by atoms with Gasteiger partial charge in [-0.3, -0.25) is 14.3 Å². The molecule has 24 heavy (non-hydrogen) atoms. The van der Waals surface area contributed by atoms with E-state index < -0.39 is 0 Å². The summed E-state index contributed by atoms with van der Waals surface area (Å²) in [4.78, 5) is 23.7. The molecule has 2 aromatic heterocycles. The molecule has 3 rings (SSSR count). The fourth-order valence-corrected chi connectivity index (χ4v) is 2.33. The van der Waals surface area contributed by atoms with E-state index in [1.807, 2.05) is 41.2 Å². The second-order valence-electron chi connectivity index (χ2n) is 5.58. The van der Waals surface area contributed by atoms with Crippen LogP contribution in [-0.4, -0.2) is 20.3 Å². The maximum atomic E-state index is 12.1. The number of benzene rings is 1. The number of carbonyl (C=O) groups is 1. The van der Waals surface area contributed by atoms with Crippen molar-refractivity contribution in [1.29, 1.82) is 0 Å². The first-order chi connectivity index (χ1) is 11.6. The molecule has 0 radical (unpaired) electrons. The maximum Gasteiger partial charge on any atom is 0.251 e. The molecule has 0 aliphatic rings. The first-order valence-corrected chi connectivity index (χ1v) is 7.62. The molecule has 1 N–H and O–H groups in total. The summed E-state index contributed by atoms with van der Waals surface area (Å²) in [7, 11) is 1.64. The van der Waals surface area contributed by atoms with Crippen molar-refractivity contribution in [2.24, 2.45) is 7.05 Å². The largest absolute Gasteiger partial charge is 0.348 e. The minimum absolute atomic E-state index is 0.210. The molecule has 0 saturated carbocycles. The molecular formula is C18H18N4O2. The second-order valence-corrected chi connectivity index (χ2v) is 5.58. The molecule has 0 fully saturated rings. The Morgan fingerprint density at radius 2 is 1.96 bits per heavy atom. The quantitative estimate of drug-likeness (QED) is 0.775. The van der Waals surface area contributed by atoms with Gasteiger partial charge in [-0.1, -0.05) is 30.3 Å². The van der Waals surface area contributed by atoms with E-state index in [4.69, 9.17) is 0 Å². The zero-order valence-corrected chi connectivity index (χ0v) is 13.3. The normalized spacial score (nSPS) is 10.5. The summed E-state index contributed by atoms with van der Waals surface area (Å²) >= 11 is 0. The van der Waals surface area contributed by atoms with Crippen molar-refractivity contribution < 1.29 is 4.79 Å². The van der Waals surface area contributed by atoms with Crippen LogP contribution in [-0.2, 0) is 20.1 Å². The topological polar surface area (TPSA) is 68.9 Å². The van der Waals surface area contributed by atoms with Crippen LogP contribution in [0.2, 0.25) is 0 Å². The summed E-state index contributed by atoms with van der Waals surface area (Å²) < 4.78 is 3.25. The van der Waals surface area contributed by atoms with Crippen molar-refractivity contribution in [2.45, 2.75) is 13.1 Å². The highest BCUT2D eigenvalue weighted by Gasteiger charge is 2.07. The number of rotatable bonds is 5. The standard InChI is InChI=1S/C18H18N4O2/c1-21-8-7-16(9-17(21)23)18(24)19-10-15-11-20-22(13-15)12-14-5-3-2-4-6-14/h2-9,11,13H,10,12H2,1H3,(H,19,24). The van der Waals surface area contributed by atoms with Gasteiger partial charge in [-0.2, -0.15) is 5.10 Å². The molecule has 6 heteroatoms. The third-order valence-corrected chi connectivity index (χ3v) is 3.69. The Balaban J connectivity index is 1.60. The first-order valence-electron chi connectivity index (χ1n) is 7.62. The van der Waals surface area contributed by atoms with Crippen LogP contribution in [0.4, 0.5) is 0 Å². The molecular weight excluding hydrogens is 304 g/mol. The lowest BCUT2D eigenvalue weighted by atomic mass is 10.2. The molecule has 0 aliphatic carbocycles. The number of amides is 1. The third kappa shape index (κ3) is 3.78. The minimum atomic E-state index is -0.275. The van der Waals surface area contributed by atoms with Crippen LogP contribution in [0.1, 0.15) is 21.5 Å². The fraction of sp³-hybridized carbons (Fsp3) is 0.167. The highest BCUT2D eigenvalue weighted by atomic mass is 16.2. The molecule has 0 saturated heterocycles. The molecule has 122 valence electrons. The Kier molecular flexibility index (Phi) is 4.56. The summed E-state index contributed by atoms with van der Waals surface area (Å²) in [5.41, 5.74) is 2.22. The number of hydrogen-bond acceptors (Lipinski definition) is 3. The molecule has 2 heterocycles. The first kappa shape index (κ1) is 15.7. The van der Waals surface area contributed by atoms with Crippen molar-refractivity contribution in [3.8, 4) is 0 Å². The molecule has 1 aromatic carbocycles. The maximum absolute atomic E-state index is 12.1. The van der Waals surface area contributed by atoms with Gasteiger partial charge < -0.3 is 9.88 Å². The highest BCUT2D eigenvalue weighted by Crippen LogP contribution is 2.04. The van der Waals surface area contributed by atoms with Crippen LogP contribution in [0.25, 0.3) is 0 Å². The van der Waals surface area contributed by atoms with Crippen molar-refractivity contribution in [2.75, 3.05) is 0 Å². The van der Waals surface area contributed by atoms with E-state index in [0.717, 1.165) is 11.1 Å². The molecule has 0 spiro atoms. The summed E-state index contributed by atoms with van der Waals surface area (Å²) in [6.45, 7) is 1.05. The molecule has 1 amide bonds. The third-order valence-electron chi connectivity index (χ3n) is 3.69. The van der Waals surface area contributed by atoms with E-state index in [1.54, 1.807) is 25.5 Å².